The zero-order valence-electron chi connectivity index (χ0n) is 8.90. The smallest absolute Gasteiger partial charge is 0.0558 e. The van der Waals surface area contributed by atoms with Gasteiger partial charge in [0.1, 0.15) is 0 Å². The standard InChI is InChI=1S/C11H18N2O/c1-3-10-5-4-6-11(12-10)9-13(2)7-8-14/h4-6,14H,3,7-9H2,1-2H3. The first-order chi connectivity index (χ1) is 6.76. The molecule has 0 aliphatic heterocycles. The molecular formula is C11H18N2O. The van der Waals surface area contributed by atoms with E-state index in [1.54, 1.807) is 0 Å². The molecule has 0 spiro atoms. The van der Waals surface area contributed by atoms with Crippen LogP contribution in [0.25, 0.3) is 0 Å². The summed E-state index contributed by atoms with van der Waals surface area (Å²) < 4.78 is 0. The van der Waals surface area contributed by atoms with Crippen molar-refractivity contribution in [3.63, 3.8) is 0 Å². The molecule has 1 rings (SSSR count). The third-order valence-corrected chi connectivity index (χ3v) is 2.14. The topological polar surface area (TPSA) is 36.4 Å². The number of hydrogen-bond acceptors (Lipinski definition) is 3. The summed E-state index contributed by atoms with van der Waals surface area (Å²) in [6.07, 6.45) is 0.970. The van der Waals surface area contributed by atoms with Crippen LogP contribution in [0.15, 0.2) is 18.2 Å². The molecule has 0 saturated carbocycles. The predicted molar refractivity (Wildman–Crippen MR) is 57.0 cm³/mol. The molecule has 0 atom stereocenters. The fourth-order valence-corrected chi connectivity index (χ4v) is 1.34. The van der Waals surface area contributed by atoms with Gasteiger partial charge in [0, 0.05) is 18.8 Å². The molecule has 3 heteroatoms. The summed E-state index contributed by atoms with van der Waals surface area (Å²) in [4.78, 5) is 6.55. The first-order valence-electron chi connectivity index (χ1n) is 5.00. The van der Waals surface area contributed by atoms with Crippen molar-refractivity contribution < 1.29 is 5.11 Å². The zero-order valence-corrected chi connectivity index (χ0v) is 8.90. The van der Waals surface area contributed by atoms with Gasteiger partial charge in [-0.05, 0) is 25.6 Å². The van der Waals surface area contributed by atoms with Crippen LogP contribution in [0.4, 0.5) is 0 Å². The van der Waals surface area contributed by atoms with Crippen molar-refractivity contribution in [3.05, 3.63) is 29.6 Å². The summed E-state index contributed by atoms with van der Waals surface area (Å²) in [6, 6.07) is 6.09. The molecule has 0 aliphatic carbocycles. The van der Waals surface area contributed by atoms with Crippen molar-refractivity contribution in [3.8, 4) is 0 Å². The fraction of sp³-hybridized carbons (Fsp3) is 0.545. The maximum Gasteiger partial charge on any atom is 0.0558 e. The van der Waals surface area contributed by atoms with E-state index in [1.807, 2.05) is 25.2 Å². The Morgan fingerprint density at radius 3 is 2.71 bits per heavy atom. The van der Waals surface area contributed by atoms with Gasteiger partial charge in [-0.2, -0.15) is 0 Å². The highest BCUT2D eigenvalue weighted by Crippen LogP contribution is 2.02. The van der Waals surface area contributed by atoms with Crippen molar-refractivity contribution >= 4 is 0 Å². The molecule has 0 radical (unpaired) electrons. The van der Waals surface area contributed by atoms with Crippen LogP contribution in [-0.2, 0) is 13.0 Å². The first-order valence-corrected chi connectivity index (χ1v) is 5.00. The van der Waals surface area contributed by atoms with Gasteiger partial charge >= 0.3 is 0 Å². The van der Waals surface area contributed by atoms with E-state index >= 15 is 0 Å². The van der Waals surface area contributed by atoms with E-state index in [0.717, 1.165) is 24.4 Å². The Morgan fingerprint density at radius 2 is 2.07 bits per heavy atom. The highest BCUT2D eigenvalue weighted by atomic mass is 16.3. The van der Waals surface area contributed by atoms with Crippen LogP contribution in [-0.4, -0.2) is 35.2 Å². The Balaban J connectivity index is 2.57. The van der Waals surface area contributed by atoms with Gasteiger partial charge in [-0.15, -0.1) is 0 Å². The lowest BCUT2D eigenvalue weighted by Crippen LogP contribution is -2.22. The number of nitrogens with zero attached hydrogens (tertiary/aromatic N) is 2. The maximum atomic E-state index is 8.75. The molecule has 1 heterocycles. The van der Waals surface area contributed by atoms with Gasteiger partial charge in [0.25, 0.3) is 0 Å². The lowest BCUT2D eigenvalue weighted by molar-refractivity contribution is 0.216. The first kappa shape index (κ1) is 11.1. The van der Waals surface area contributed by atoms with Crippen LogP contribution in [0, 0.1) is 0 Å². The summed E-state index contributed by atoms with van der Waals surface area (Å²) in [7, 11) is 1.98. The molecule has 0 bridgehead atoms. The number of likely N-dealkylation sites (N-methyl/N-ethyl adjacent to an activating group) is 1. The van der Waals surface area contributed by atoms with E-state index in [9.17, 15) is 0 Å². The second-order valence-corrected chi connectivity index (χ2v) is 3.44. The predicted octanol–water partition coefficient (Wildman–Crippen LogP) is 1.07. The molecule has 0 aromatic carbocycles. The number of aliphatic hydroxyl groups excluding tert-OH is 1. The van der Waals surface area contributed by atoms with E-state index in [-0.39, 0.29) is 6.61 Å². The minimum Gasteiger partial charge on any atom is -0.395 e. The average molecular weight is 194 g/mol. The minimum absolute atomic E-state index is 0.198. The molecule has 0 saturated heterocycles. The van der Waals surface area contributed by atoms with E-state index < -0.39 is 0 Å². The fourth-order valence-electron chi connectivity index (χ4n) is 1.34. The summed E-state index contributed by atoms with van der Waals surface area (Å²) in [5.74, 6) is 0. The SMILES string of the molecule is CCc1cccc(CN(C)CCO)n1. The quantitative estimate of drug-likeness (QED) is 0.761. The van der Waals surface area contributed by atoms with Gasteiger partial charge in [0.2, 0.25) is 0 Å². The van der Waals surface area contributed by atoms with Crippen LogP contribution in [0.5, 0.6) is 0 Å². The van der Waals surface area contributed by atoms with Crippen LogP contribution < -0.4 is 0 Å². The van der Waals surface area contributed by atoms with Crippen molar-refractivity contribution in [2.45, 2.75) is 19.9 Å². The Kier molecular flexibility index (Phi) is 4.56. The molecule has 1 aromatic rings. The van der Waals surface area contributed by atoms with Gasteiger partial charge in [0.05, 0.1) is 12.3 Å². The second kappa shape index (κ2) is 5.73. The Morgan fingerprint density at radius 1 is 1.36 bits per heavy atom. The van der Waals surface area contributed by atoms with Gasteiger partial charge in [-0.3, -0.25) is 9.88 Å². The maximum absolute atomic E-state index is 8.75. The van der Waals surface area contributed by atoms with Crippen molar-refractivity contribution in [1.82, 2.24) is 9.88 Å². The van der Waals surface area contributed by atoms with E-state index in [1.165, 1.54) is 0 Å². The highest BCUT2D eigenvalue weighted by Gasteiger charge is 2.00. The molecule has 1 N–H and O–H groups in total. The molecule has 3 nitrogen and oxygen atoms in total. The van der Waals surface area contributed by atoms with Gasteiger partial charge in [-0.1, -0.05) is 13.0 Å². The zero-order chi connectivity index (χ0) is 10.4. The molecule has 1 aromatic heterocycles. The third kappa shape index (κ3) is 3.44. The van der Waals surface area contributed by atoms with Gasteiger partial charge in [0.15, 0.2) is 0 Å². The number of pyridine rings is 1. The minimum atomic E-state index is 0.198. The number of rotatable bonds is 5. The normalized spacial score (nSPS) is 10.9. The molecule has 78 valence electrons. The highest BCUT2D eigenvalue weighted by molar-refractivity contribution is 5.10. The van der Waals surface area contributed by atoms with E-state index in [2.05, 4.69) is 16.8 Å². The molecule has 0 aliphatic rings. The van der Waals surface area contributed by atoms with Crippen LogP contribution in [0.3, 0.4) is 0 Å². The monoisotopic (exact) mass is 194 g/mol. The second-order valence-electron chi connectivity index (χ2n) is 3.44. The molecule has 14 heavy (non-hydrogen) atoms. The van der Waals surface area contributed by atoms with E-state index in [0.29, 0.717) is 6.54 Å². The van der Waals surface area contributed by atoms with E-state index in [4.69, 9.17) is 5.11 Å². The number of aryl methyl sites for hydroxylation is 1. The number of hydrogen-bond donors (Lipinski definition) is 1. The summed E-state index contributed by atoms with van der Waals surface area (Å²) in [5, 5.41) is 8.75. The third-order valence-electron chi connectivity index (χ3n) is 2.14. The summed E-state index contributed by atoms with van der Waals surface area (Å²) in [6.45, 7) is 3.79. The molecule has 0 amide bonds. The lowest BCUT2D eigenvalue weighted by atomic mass is 10.2. The van der Waals surface area contributed by atoms with Crippen LogP contribution in [0.1, 0.15) is 18.3 Å². The Hall–Kier alpha value is -0.930. The molecular weight excluding hydrogens is 176 g/mol. The molecule has 0 fully saturated rings. The van der Waals surface area contributed by atoms with Crippen LogP contribution >= 0.6 is 0 Å². The van der Waals surface area contributed by atoms with Crippen molar-refractivity contribution in [2.24, 2.45) is 0 Å². The lowest BCUT2D eigenvalue weighted by Gasteiger charge is -2.14. The Bertz CT molecular complexity index is 276. The Labute approximate surface area is 85.4 Å². The summed E-state index contributed by atoms with van der Waals surface area (Å²) in [5.41, 5.74) is 2.19. The molecule has 0 unspecified atom stereocenters. The van der Waals surface area contributed by atoms with Crippen LogP contribution in [0.2, 0.25) is 0 Å². The largest absolute Gasteiger partial charge is 0.395 e. The number of aromatic nitrogens is 1. The van der Waals surface area contributed by atoms with Crippen molar-refractivity contribution in [1.29, 1.82) is 0 Å². The number of aliphatic hydroxyl groups is 1. The average Bonchev–Trinajstić information content (AvgIpc) is 2.18. The van der Waals surface area contributed by atoms with Crippen molar-refractivity contribution in [2.75, 3.05) is 20.2 Å². The van der Waals surface area contributed by atoms with Gasteiger partial charge < -0.3 is 5.11 Å². The van der Waals surface area contributed by atoms with Gasteiger partial charge in [-0.25, -0.2) is 0 Å². The summed E-state index contributed by atoms with van der Waals surface area (Å²) >= 11 is 0.